The van der Waals surface area contributed by atoms with Crippen LogP contribution in [0.2, 0.25) is 5.02 Å². The second-order valence-electron chi connectivity index (χ2n) is 4.07. The molecule has 0 spiro atoms. The minimum Gasteiger partial charge on any atom is -0.478 e. The van der Waals surface area contributed by atoms with Gasteiger partial charge in [0, 0.05) is 6.07 Å². The first-order valence-electron chi connectivity index (χ1n) is 5.65. The summed E-state index contributed by atoms with van der Waals surface area (Å²) in [5, 5.41) is 8.80. The topological polar surface area (TPSA) is 46.5 Å². The Bertz CT molecular complexity index is 666. The van der Waals surface area contributed by atoms with Crippen LogP contribution in [0.1, 0.15) is 15.9 Å². The number of carboxylic acids is 1. The van der Waals surface area contributed by atoms with Gasteiger partial charge >= 0.3 is 12.1 Å². The Balaban J connectivity index is 2.19. The summed E-state index contributed by atoms with van der Waals surface area (Å²) in [6, 6.07) is 8.02. The van der Waals surface area contributed by atoms with Gasteiger partial charge in [0.05, 0.1) is 16.1 Å². The maximum absolute atomic E-state index is 12.4. The van der Waals surface area contributed by atoms with Gasteiger partial charge in [-0.3, -0.25) is 0 Å². The lowest BCUT2D eigenvalue weighted by molar-refractivity contribution is -0.137. The molecular weight excluding hydrogens is 309 g/mol. The van der Waals surface area contributed by atoms with Crippen molar-refractivity contribution in [2.45, 2.75) is 6.18 Å². The molecule has 0 aliphatic carbocycles. The van der Waals surface area contributed by atoms with E-state index in [1.807, 2.05) is 0 Å². The summed E-state index contributed by atoms with van der Waals surface area (Å²) in [6.45, 7) is 0. The summed E-state index contributed by atoms with van der Waals surface area (Å²) in [5.41, 5.74) is -0.870. The molecule has 0 atom stereocenters. The number of benzene rings is 2. The summed E-state index contributed by atoms with van der Waals surface area (Å²) < 4.78 is 42.5. The van der Waals surface area contributed by atoms with Crippen LogP contribution < -0.4 is 4.74 Å². The average Bonchev–Trinajstić information content (AvgIpc) is 2.38. The Hall–Kier alpha value is -2.21. The van der Waals surface area contributed by atoms with E-state index in [9.17, 15) is 18.0 Å². The molecule has 0 saturated carbocycles. The normalized spacial score (nSPS) is 11.2. The fourth-order valence-corrected chi connectivity index (χ4v) is 1.83. The molecule has 0 aromatic heterocycles. The number of alkyl halides is 3. The SMILES string of the molecule is O=C(O)c1ccc(Oc2ccc(C(F)(F)F)cc2)cc1Cl. The van der Waals surface area contributed by atoms with Crippen LogP contribution in [0.4, 0.5) is 13.2 Å². The fraction of sp³-hybridized carbons (Fsp3) is 0.0714. The number of ether oxygens (including phenoxy) is 1. The van der Waals surface area contributed by atoms with Crippen LogP contribution in [0.15, 0.2) is 42.5 Å². The average molecular weight is 317 g/mol. The quantitative estimate of drug-likeness (QED) is 0.880. The molecule has 2 rings (SSSR count). The highest BCUT2D eigenvalue weighted by Gasteiger charge is 2.30. The van der Waals surface area contributed by atoms with Crippen LogP contribution in [-0.4, -0.2) is 11.1 Å². The van der Waals surface area contributed by atoms with E-state index in [4.69, 9.17) is 21.4 Å². The lowest BCUT2D eigenvalue weighted by Gasteiger charge is -2.09. The molecule has 0 radical (unpaired) electrons. The van der Waals surface area contributed by atoms with Gasteiger partial charge in [0.15, 0.2) is 0 Å². The van der Waals surface area contributed by atoms with Gasteiger partial charge in [0.1, 0.15) is 11.5 Å². The van der Waals surface area contributed by atoms with E-state index in [1.165, 1.54) is 30.3 Å². The smallest absolute Gasteiger partial charge is 0.416 e. The van der Waals surface area contributed by atoms with Crippen molar-refractivity contribution in [1.29, 1.82) is 0 Å². The Kier molecular flexibility index (Phi) is 4.09. The summed E-state index contributed by atoms with van der Waals surface area (Å²) in [4.78, 5) is 10.8. The van der Waals surface area contributed by atoms with Crippen LogP contribution >= 0.6 is 11.6 Å². The van der Waals surface area contributed by atoms with Crippen molar-refractivity contribution in [3.63, 3.8) is 0 Å². The predicted molar refractivity (Wildman–Crippen MR) is 69.9 cm³/mol. The van der Waals surface area contributed by atoms with Gasteiger partial charge in [-0.1, -0.05) is 11.6 Å². The van der Waals surface area contributed by atoms with Crippen LogP contribution in [-0.2, 0) is 6.18 Å². The number of rotatable bonds is 3. The monoisotopic (exact) mass is 316 g/mol. The van der Waals surface area contributed by atoms with Crippen molar-refractivity contribution >= 4 is 17.6 Å². The molecule has 110 valence electrons. The number of halogens is 4. The van der Waals surface area contributed by atoms with E-state index >= 15 is 0 Å². The van der Waals surface area contributed by atoms with Crippen molar-refractivity contribution in [1.82, 2.24) is 0 Å². The first-order valence-corrected chi connectivity index (χ1v) is 6.03. The fourth-order valence-electron chi connectivity index (χ4n) is 1.58. The number of hydrogen-bond acceptors (Lipinski definition) is 2. The molecule has 0 unspecified atom stereocenters. The zero-order valence-corrected chi connectivity index (χ0v) is 11.1. The minimum absolute atomic E-state index is 0.0214. The van der Waals surface area contributed by atoms with Crippen molar-refractivity contribution in [2.75, 3.05) is 0 Å². The number of carbonyl (C=O) groups is 1. The molecular formula is C14H8ClF3O3. The van der Waals surface area contributed by atoms with Crippen molar-refractivity contribution in [3.8, 4) is 11.5 Å². The Labute approximate surface area is 122 Å². The molecule has 2 aromatic rings. The Morgan fingerprint density at radius 1 is 1.05 bits per heavy atom. The van der Waals surface area contributed by atoms with E-state index in [2.05, 4.69) is 0 Å². The van der Waals surface area contributed by atoms with E-state index in [-0.39, 0.29) is 22.1 Å². The Morgan fingerprint density at radius 2 is 1.62 bits per heavy atom. The van der Waals surface area contributed by atoms with Crippen LogP contribution in [0.25, 0.3) is 0 Å². The third-order valence-corrected chi connectivity index (χ3v) is 2.90. The zero-order chi connectivity index (χ0) is 15.6. The van der Waals surface area contributed by atoms with Gasteiger partial charge in [-0.05, 0) is 36.4 Å². The molecule has 0 saturated heterocycles. The molecule has 0 bridgehead atoms. The Morgan fingerprint density at radius 3 is 2.10 bits per heavy atom. The highest BCUT2D eigenvalue weighted by Crippen LogP contribution is 2.32. The first kappa shape index (κ1) is 15.2. The molecule has 0 fully saturated rings. The van der Waals surface area contributed by atoms with Gasteiger partial charge < -0.3 is 9.84 Å². The highest BCUT2D eigenvalue weighted by molar-refractivity contribution is 6.33. The summed E-state index contributed by atoms with van der Waals surface area (Å²) in [7, 11) is 0. The van der Waals surface area contributed by atoms with Crippen LogP contribution in [0.5, 0.6) is 11.5 Å². The molecule has 0 aliphatic rings. The standard InChI is InChI=1S/C14H8ClF3O3/c15-12-7-10(5-6-11(12)13(19)20)21-9-3-1-8(2-4-9)14(16,17)18/h1-7H,(H,19,20). The van der Waals surface area contributed by atoms with Crippen molar-refractivity contribution < 1.29 is 27.8 Å². The summed E-state index contributed by atoms with van der Waals surface area (Å²) >= 11 is 5.77. The third-order valence-electron chi connectivity index (χ3n) is 2.59. The summed E-state index contributed by atoms with van der Waals surface area (Å²) in [5.74, 6) is -0.770. The number of hydrogen-bond donors (Lipinski definition) is 1. The highest BCUT2D eigenvalue weighted by atomic mass is 35.5. The van der Waals surface area contributed by atoms with Crippen LogP contribution in [0, 0.1) is 0 Å². The first-order chi connectivity index (χ1) is 9.77. The van der Waals surface area contributed by atoms with Crippen molar-refractivity contribution in [2.24, 2.45) is 0 Å². The summed E-state index contributed by atoms with van der Waals surface area (Å²) in [6.07, 6.45) is -4.41. The molecule has 7 heteroatoms. The molecule has 0 aliphatic heterocycles. The maximum Gasteiger partial charge on any atom is 0.416 e. The maximum atomic E-state index is 12.4. The van der Waals surface area contributed by atoms with E-state index in [1.54, 1.807) is 0 Å². The number of aromatic carboxylic acids is 1. The number of carboxylic acid groups (broad SMARTS) is 1. The van der Waals surface area contributed by atoms with Gasteiger partial charge in [0.2, 0.25) is 0 Å². The predicted octanol–water partition coefficient (Wildman–Crippen LogP) is 4.85. The zero-order valence-electron chi connectivity index (χ0n) is 10.3. The molecule has 0 amide bonds. The van der Waals surface area contributed by atoms with Gasteiger partial charge in [-0.15, -0.1) is 0 Å². The molecule has 2 aromatic carbocycles. The molecule has 21 heavy (non-hydrogen) atoms. The van der Waals surface area contributed by atoms with Gasteiger partial charge in [0.25, 0.3) is 0 Å². The molecule has 0 heterocycles. The van der Waals surface area contributed by atoms with E-state index in [0.717, 1.165) is 12.1 Å². The second kappa shape index (κ2) is 5.65. The van der Waals surface area contributed by atoms with E-state index in [0.29, 0.717) is 0 Å². The molecule has 3 nitrogen and oxygen atoms in total. The van der Waals surface area contributed by atoms with E-state index < -0.39 is 17.7 Å². The van der Waals surface area contributed by atoms with Crippen LogP contribution in [0.3, 0.4) is 0 Å². The lowest BCUT2D eigenvalue weighted by atomic mass is 10.2. The lowest BCUT2D eigenvalue weighted by Crippen LogP contribution is -2.04. The minimum atomic E-state index is -4.41. The largest absolute Gasteiger partial charge is 0.478 e. The van der Waals surface area contributed by atoms with Gasteiger partial charge in [-0.2, -0.15) is 13.2 Å². The second-order valence-corrected chi connectivity index (χ2v) is 4.48. The molecule has 1 N–H and O–H groups in total. The van der Waals surface area contributed by atoms with Crippen molar-refractivity contribution in [3.05, 3.63) is 58.6 Å². The third kappa shape index (κ3) is 3.66. The van der Waals surface area contributed by atoms with Gasteiger partial charge in [-0.25, -0.2) is 4.79 Å².